The van der Waals surface area contributed by atoms with Gasteiger partial charge in [0.25, 0.3) is 11.5 Å². The minimum absolute atomic E-state index is 0.0402. The van der Waals surface area contributed by atoms with Crippen LogP contribution in [0.4, 0.5) is 11.5 Å². The van der Waals surface area contributed by atoms with Crippen LogP contribution in [0.15, 0.2) is 41.3 Å². The van der Waals surface area contributed by atoms with Crippen molar-refractivity contribution in [2.75, 3.05) is 18.4 Å². The number of anilines is 2. The Kier molecular flexibility index (Phi) is 5.39. The van der Waals surface area contributed by atoms with Crippen molar-refractivity contribution in [3.05, 3.63) is 63.9 Å². The molecule has 1 saturated heterocycles. The van der Waals surface area contributed by atoms with E-state index in [1.807, 2.05) is 39.9 Å². The first-order valence-corrected chi connectivity index (χ1v) is 11.3. The molecule has 8 heteroatoms. The van der Waals surface area contributed by atoms with Gasteiger partial charge in [0, 0.05) is 37.0 Å². The average Bonchev–Trinajstić information content (AvgIpc) is 3.48. The average molecular weight is 431 g/mol. The highest BCUT2D eigenvalue weighted by molar-refractivity contribution is 5.95. The van der Waals surface area contributed by atoms with Crippen molar-refractivity contribution in [3.8, 4) is 0 Å². The zero-order valence-corrected chi connectivity index (χ0v) is 17.9. The molecule has 3 heterocycles. The fourth-order valence-corrected chi connectivity index (χ4v) is 4.90. The number of H-pyrrole nitrogens is 1. The minimum Gasteiger partial charge on any atom is -0.339 e. The lowest BCUT2D eigenvalue weighted by Crippen LogP contribution is -2.27. The highest BCUT2D eigenvalue weighted by atomic mass is 16.2. The van der Waals surface area contributed by atoms with Crippen LogP contribution in [0.1, 0.15) is 54.9 Å². The normalized spacial score (nSPS) is 20.9. The van der Waals surface area contributed by atoms with Gasteiger partial charge in [0.2, 0.25) is 6.04 Å². The lowest BCUT2D eigenvalue weighted by Gasteiger charge is -2.24. The highest BCUT2D eigenvalue weighted by Gasteiger charge is 2.33. The molecule has 0 bridgehead atoms. The van der Waals surface area contributed by atoms with E-state index in [2.05, 4.69) is 15.1 Å². The molecule has 1 aliphatic heterocycles. The molecule has 8 nitrogen and oxygen atoms in total. The van der Waals surface area contributed by atoms with Crippen LogP contribution in [0.2, 0.25) is 0 Å². The number of rotatable bonds is 4. The van der Waals surface area contributed by atoms with Gasteiger partial charge in [-0.3, -0.25) is 14.3 Å². The molecule has 2 fully saturated rings. The number of pyridine rings is 1. The molecule has 1 amide bonds. The number of hydrogen-bond donors (Lipinski definition) is 2. The number of aromatic amines is 1. The number of benzene rings is 1. The second-order valence-electron chi connectivity index (χ2n) is 8.61. The van der Waals surface area contributed by atoms with Gasteiger partial charge in [-0.15, -0.1) is 0 Å². The maximum absolute atomic E-state index is 12.7. The maximum Gasteiger partial charge on any atom is 0.261 e. The molecule has 0 radical (unpaired) electrons. The van der Waals surface area contributed by atoms with Crippen LogP contribution < -0.4 is 10.9 Å². The Labute approximate surface area is 186 Å². The lowest BCUT2D eigenvalue weighted by atomic mass is 9.91. The summed E-state index contributed by atoms with van der Waals surface area (Å²) in [5.74, 6) is 0.525. The summed E-state index contributed by atoms with van der Waals surface area (Å²) in [6.07, 6.45) is 7.59. The number of amides is 1. The monoisotopic (exact) mass is 430 g/mol. The largest absolute Gasteiger partial charge is 0.339 e. The van der Waals surface area contributed by atoms with Crippen LogP contribution in [0.25, 0.3) is 15.7 Å². The maximum atomic E-state index is 12.7. The minimum atomic E-state index is -0.216. The van der Waals surface area contributed by atoms with Crippen LogP contribution in [0.5, 0.6) is 0 Å². The molecule has 5 rings (SSSR count). The van der Waals surface area contributed by atoms with Crippen LogP contribution in [0, 0.1) is 6.57 Å². The number of hydrogen-bond acceptors (Lipinski definition) is 4. The quantitative estimate of drug-likeness (QED) is 0.610. The summed E-state index contributed by atoms with van der Waals surface area (Å²) in [4.78, 5) is 33.7. The van der Waals surface area contributed by atoms with E-state index < -0.39 is 0 Å². The molecule has 1 aliphatic carbocycles. The van der Waals surface area contributed by atoms with E-state index in [1.54, 1.807) is 6.20 Å². The van der Waals surface area contributed by atoms with Gasteiger partial charge in [-0.1, -0.05) is 6.42 Å². The summed E-state index contributed by atoms with van der Waals surface area (Å²) in [7, 11) is 0. The lowest BCUT2D eigenvalue weighted by molar-refractivity contribution is 0.0793. The highest BCUT2D eigenvalue weighted by Crippen LogP contribution is 2.34. The predicted molar refractivity (Wildman–Crippen MR) is 123 cm³/mol. The SMILES string of the molecule is [C-]#[N+][C@H]1CCCC[C@@H]1n1nc(Nc2ccc(C(=O)N3CCCC3)cc2)c2c(=O)[nH]ccc21. The number of fused-ring (bicyclic) bond motifs is 1. The van der Waals surface area contributed by atoms with E-state index in [1.165, 1.54) is 0 Å². The molecule has 2 aromatic heterocycles. The topological polar surface area (TPSA) is 87.4 Å². The zero-order valence-electron chi connectivity index (χ0n) is 17.9. The number of nitrogens with zero attached hydrogens (tertiary/aromatic N) is 4. The smallest absolute Gasteiger partial charge is 0.261 e. The molecule has 0 unspecified atom stereocenters. The van der Waals surface area contributed by atoms with Crippen molar-refractivity contribution in [2.24, 2.45) is 0 Å². The number of carbonyl (C=O) groups excluding carboxylic acids is 1. The Morgan fingerprint density at radius 2 is 1.84 bits per heavy atom. The molecule has 32 heavy (non-hydrogen) atoms. The number of likely N-dealkylation sites (tertiary alicyclic amines) is 1. The Balaban J connectivity index is 1.46. The van der Waals surface area contributed by atoms with E-state index >= 15 is 0 Å². The van der Waals surface area contributed by atoms with Crippen molar-refractivity contribution in [3.63, 3.8) is 0 Å². The van der Waals surface area contributed by atoms with Crippen LogP contribution >= 0.6 is 0 Å². The molecule has 2 aliphatic rings. The molecule has 3 aromatic rings. The third-order valence-electron chi connectivity index (χ3n) is 6.59. The Morgan fingerprint density at radius 3 is 2.59 bits per heavy atom. The van der Waals surface area contributed by atoms with E-state index in [0.717, 1.165) is 62.8 Å². The molecule has 164 valence electrons. The van der Waals surface area contributed by atoms with Crippen LogP contribution in [0.3, 0.4) is 0 Å². The van der Waals surface area contributed by atoms with Crippen molar-refractivity contribution < 1.29 is 4.79 Å². The molecular weight excluding hydrogens is 404 g/mol. The predicted octanol–water partition coefficient (Wildman–Crippen LogP) is 4.11. The van der Waals surface area contributed by atoms with Crippen molar-refractivity contribution in [1.82, 2.24) is 19.7 Å². The van der Waals surface area contributed by atoms with Crippen molar-refractivity contribution in [2.45, 2.75) is 50.6 Å². The van der Waals surface area contributed by atoms with Gasteiger partial charge in [-0.05, 0) is 56.0 Å². The first-order valence-electron chi connectivity index (χ1n) is 11.3. The van der Waals surface area contributed by atoms with Gasteiger partial charge in [0.1, 0.15) is 11.4 Å². The van der Waals surface area contributed by atoms with Gasteiger partial charge in [-0.25, -0.2) is 6.57 Å². The summed E-state index contributed by atoms with van der Waals surface area (Å²) in [5, 5.41) is 8.50. The third kappa shape index (κ3) is 3.64. The van der Waals surface area contributed by atoms with E-state index in [0.29, 0.717) is 16.8 Å². The Bertz CT molecular complexity index is 1230. The second-order valence-corrected chi connectivity index (χ2v) is 8.61. The third-order valence-corrected chi connectivity index (χ3v) is 6.59. The summed E-state index contributed by atoms with van der Waals surface area (Å²) < 4.78 is 1.86. The summed E-state index contributed by atoms with van der Waals surface area (Å²) in [6.45, 7) is 9.23. The molecule has 2 atom stereocenters. The number of carbonyl (C=O) groups is 1. The summed E-state index contributed by atoms with van der Waals surface area (Å²) in [6, 6.07) is 8.98. The van der Waals surface area contributed by atoms with Crippen molar-refractivity contribution >= 4 is 28.3 Å². The first-order chi connectivity index (χ1) is 15.7. The molecule has 1 saturated carbocycles. The molecular formula is C24H26N6O2. The molecule has 2 N–H and O–H groups in total. The Morgan fingerprint density at radius 1 is 1.09 bits per heavy atom. The van der Waals surface area contributed by atoms with Gasteiger partial charge < -0.3 is 20.0 Å². The summed E-state index contributed by atoms with van der Waals surface area (Å²) in [5.41, 5.74) is 1.93. The van der Waals surface area contributed by atoms with E-state index in [4.69, 9.17) is 11.7 Å². The molecule has 0 spiro atoms. The van der Waals surface area contributed by atoms with Gasteiger partial charge in [0.05, 0.1) is 5.52 Å². The van der Waals surface area contributed by atoms with E-state index in [9.17, 15) is 9.59 Å². The number of nitrogens with one attached hydrogen (secondary N) is 2. The van der Waals surface area contributed by atoms with Crippen LogP contribution in [-0.4, -0.2) is 44.7 Å². The molecule has 1 aromatic carbocycles. The summed E-state index contributed by atoms with van der Waals surface area (Å²) >= 11 is 0. The zero-order chi connectivity index (χ0) is 22.1. The van der Waals surface area contributed by atoms with Gasteiger partial charge in [-0.2, -0.15) is 5.10 Å². The van der Waals surface area contributed by atoms with Gasteiger partial charge >= 0.3 is 0 Å². The Hall–Kier alpha value is -3.60. The van der Waals surface area contributed by atoms with E-state index in [-0.39, 0.29) is 23.6 Å². The van der Waals surface area contributed by atoms with Crippen molar-refractivity contribution in [1.29, 1.82) is 0 Å². The fourth-order valence-electron chi connectivity index (χ4n) is 4.90. The first kappa shape index (κ1) is 20.3. The standard InChI is InChI=1S/C24H26N6O2/c1-25-18-6-2-3-7-19(18)30-20-12-13-26-23(31)21(20)22(28-30)27-17-10-8-16(9-11-17)24(32)29-14-4-5-15-29/h8-13,18-19H,2-7,14-15H2,(H,26,31)(H,27,28)/t18-,19-/m0/s1. The number of aromatic nitrogens is 3. The van der Waals surface area contributed by atoms with Crippen LogP contribution in [-0.2, 0) is 0 Å². The van der Waals surface area contributed by atoms with Gasteiger partial charge in [0.15, 0.2) is 5.82 Å². The fraction of sp³-hybridized carbons (Fsp3) is 0.417. The second kappa shape index (κ2) is 8.50.